The van der Waals surface area contributed by atoms with E-state index in [0.29, 0.717) is 10.0 Å². The fraction of sp³-hybridized carbons (Fsp3) is 0.214. The van der Waals surface area contributed by atoms with Crippen LogP contribution >= 0.6 is 15.9 Å². The second-order valence-corrected chi connectivity index (χ2v) is 5.31. The molecule has 0 saturated carbocycles. The van der Waals surface area contributed by atoms with Crippen LogP contribution in [-0.4, -0.2) is 4.57 Å². The Morgan fingerprint density at radius 3 is 2.50 bits per heavy atom. The first-order valence-electron chi connectivity index (χ1n) is 5.84. The number of hydrogen-bond acceptors (Lipinski definition) is 1. The molecule has 0 bridgehead atoms. The summed E-state index contributed by atoms with van der Waals surface area (Å²) >= 11 is 3.18. The number of hydrogen-bond donors (Lipinski definition) is 0. The molecule has 2 rings (SSSR count). The van der Waals surface area contributed by atoms with Crippen molar-refractivity contribution < 1.29 is 13.2 Å². The SMILES string of the molecule is CC(c1cccc(C(F)(F)F)c1)n1ccc(Br)cc1=O. The molecule has 0 fully saturated rings. The van der Waals surface area contributed by atoms with Crippen molar-refractivity contribution >= 4 is 15.9 Å². The van der Waals surface area contributed by atoms with E-state index in [2.05, 4.69) is 15.9 Å². The smallest absolute Gasteiger partial charge is 0.308 e. The summed E-state index contributed by atoms with van der Waals surface area (Å²) in [6.45, 7) is 1.69. The van der Waals surface area contributed by atoms with Gasteiger partial charge in [0.1, 0.15) is 0 Å². The minimum Gasteiger partial charge on any atom is -0.308 e. The van der Waals surface area contributed by atoms with Gasteiger partial charge < -0.3 is 4.57 Å². The van der Waals surface area contributed by atoms with Crippen molar-refractivity contribution in [2.75, 3.05) is 0 Å². The number of pyridine rings is 1. The normalized spacial score (nSPS) is 13.2. The molecule has 0 aliphatic heterocycles. The van der Waals surface area contributed by atoms with Crippen molar-refractivity contribution in [2.24, 2.45) is 0 Å². The highest BCUT2D eigenvalue weighted by Gasteiger charge is 2.30. The van der Waals surface area contributed by atoms with Crippen LogP contribution < -0.4 is 5.56 Å². The van der Waals surface area contributed by atoms with Gasteiger partial charge in [-0.1, -0.05) is 28.1 Å². The topological polar surface area (TPSA) is 22.0 Å². The third-order valence-corrected chi connectivity index (χ3v) is 3.52. The van der Waals surface area contributed by atoms with Crippen LogP contribution in [0.2, 0.25) is 0 Å². The van der Waals surface area contributed by atoms with Crippen molar-refractivity contribution in [2.45, 2.75) is 19.1 Å². The summed E-state index contributed by atoms with van der Waals surface area (Å²) in [7, 11) is 0. The molecule has 106 valence electrons. The van der Waals surface area contributed by atoms with Gasteiger partial charge in [0.05, 0.1) is 11.6 Å². The van der Waals surface area contributed by atoms with Crippen LogP contribution in [0.1, 0.15) is 24.1 Å². The number of halogens is 4. The third-order valence-electron chi connectivity index (χ3n) is 3.02. The fourth-order valence-electron chi connectivity index (χ4n) is 1.92. The Morgan fingerprint density at radius 1 is 1.20 bits per heavy atom. The summed E-state index contributed by atoms with van der Waals surface area (Å²) in [6, 6.07) is 7.58. The zero-order valence-electron chi connectivity index (χ0n) is 10.5. The second kappa shape index (κ2) is 5.44. The summed E-state index contributed by atoms with van der Waals surface area (Å²) in [5, 5.41) is 0. The molecule has 6 heteroatoms. The number of aromatic nitrogens is 1. The lowest BCUT2D eigenvalue weighted by molar-refractivity contribution is -0.137. The van der Waals surface area contributed by atoms with Crippen LogP contribution in [0.15, 0.2) is 51.9 Å². The van der Waals surface area contributed by atoms with E-state index in [9.17, 15) is 18.0 Å². The lowest BCUT2D eigenvalue weighted by Gasteiger charge is -2.17. The quantitative estimate of drug-likeness (QED) is 0.797. The Bertz CT molecular complexity index is 679. The zero-order valence-corrected chi connectivity index (χ0v) is 12.1. The van der Waals surface area contributed by atoms with Crippen LogP contribution in [0, 0.1) is 0 Å². The Labute approximate surface area is 122 Å². The van der Waals surface area contributed by atoms with Gasteiger partial charge in [0, 0.05) is 16.7 Å². The van der Waals surface area contributed by atoms with Gasteiger partial charge in [-0.25, -0.2) is 0 Å². The monoisotopic (exact) mass is 345 g/mol. The lowest BCUT2D eigenvalue weighted by Crippen LogP contribution is -2.22. The second-order valence-electron chi connectivity index (χ2n) is 4.39. The van der Waals surface area contributed by atoms with Gasteiger partial charge in [-0.05, 0) is 30.7 Å². The summed E-state index contributed by atoms with van der Waals surface area (Å²) in [6.07, 6.45) is -2.84. The van der Waals surface area contributed by atoms with Gasteiger partial charge >= 0.3 is 6.18 Å². The van der Waals surface area contributed by atoms with Gasteiger partial charge in [0.15, 0.2) is 0 Å². The molecule has 20 heavy (non-hydrogen) atoms. The summed E-state index contributed by atoms with van der Waals surface area (Å²) in [5.41, 5.74) is -0.555. The van der Waals surface area contributed by atoms with Crippen molar-refractivity contribution in [1.82, 2.24) is 4.57 Å². The van der Waals surface area contributed by atoms with Gasteiger partial charge in [-0.3, -0.25) is 4.79 Å². The maximum Gasteiger partial charge on any atom is 0.416 e. The molecular weight excluding hydrogens is 335 g/mol. The fourth-order valence-corrected chi connectivity index (χ4v) is 2.24. The van der Waals surface area contributed by atoms with Crippen molar-refractivity contribution in [3.63, 3.8) is 0 Å². The summed E-state index contributed by atoms with van der Waals surface area (Å²) in [5.74, 6) is 0. The van der Waals surface area contributed by atoms with E-state index in [0.717, 1.165) is 12.1 Å². The zero-order chi connectivity index (χ0) is 14.9. The van der Waals surface area contributed by atoms with Gasteiger partial charge in [0.25, 0.3) is 5.56 Å². The number of alkyl halides is 3. The average molecular weight is 346 g/mol. The molecule has 0 spiro atoms. The summed E-state index contributed by atoms with van der Waals surface area (Å²) in [4.78, 5) is 11.8. The van der Waals surface area contributed by atoms with Crippen LogP contribution in [0.3, 0.4) is 0 Å². The molecule has 1 unspecified atom stereocenters. The van der Waals surface area contributed by atoms with Crippen molar-refractivity contribution in [1.29, 1.82) is 0 Å². The first-order chi connectivity index (χ1) is 9.29. The predicted molar refractivity (Wildman–Crippen MR) is 73.7 cm³/mol. The number of nitrogens with zero attached hydrogens (tertiary/aromatic N) is 1. The molecule has 0 N–H and O–H groups in total. The molecule has 1 heterocycles. The van der Waals surface area contributed by atoms with Crippen molar-refractivity contribution in [3.05, 3.63) is 68.5 Å². The molecular formula is C14H11BrF3NO. The Hall–Kier alpha value is -1.56. The standard InChI is InChI=1S/C14H11BrF3NO/c1-9(19-6-5-12(15)8-13(19)20)10-3-2-4-11(7-10)14(16,17)18/h2-9H,1H3. The largest absolute Gasteiger partial charge is 0.416 e. The number of rotatable bonds is 2. The van der Waals surface area contributed by atoms with Crippen LogP contribution in [0.5, 0.6) is 0 Å². The highest BCUT2D eigenvalue weighted by molar-refractivity contribution is 9.10. The first kappa shape index (κ1) is 14.8. The van der Waals surface area contributed by atoms with E-state index in [4.69, 9.17) is 0 Å². The molecule has 1 aromatic heterocycles. The average Bonchev–Trinajstić information content (AvgIpc) is 2.37. The van der Waals surface area contributed by atoms with E-state index in [1.165, 1.54) is 16.7 Å². The molecule has 1 atom stereocenters. The Morgan fingerprint density at radius 2 is 1.90 bits per heavy atom. The van der Waals surface area contributed by atoms with E-state index < -0.39 is 17.8 Å². The Kier molecular flexibility index (Phi) is 4.04. The van der Waals surface area contributed by atoms with Gasteiger partial charge in [-0.2, -0.15) is 13.2 Å². The van der Waals surface area contributed by atoms with E-state index >= 15 is 0 Å². The van der Waals surface area contributed by atoms with Gasteiger partial charge in [0.2, 0.25) is 0 Å². The maximum absolute atomic E-state index is 12.7. The molecule has 0 saturated heterocycles. The highest BCUT2D eigenvalue weighted by Crippen LogP contribution is 2.31. The van der Waals surface area contributed by atoms with E-state index in [1.807, 2.05) is 0 Å². The predicted octanol–water partition coefficient (Wildman–Crippen LogP) is 4.24. The van der Waals surface area contributed by atoms with Crippen LogP contribution in [-0.2, 0) is 6.18 Å². The molecule has 1 aromatic carbocycles. The minimum absolute atomic E-state index is 0.274. The molecule has 0 amide bonds. The molecule has 0 aliphatic rings. The minimum atomic E-state index is -4.39. The van der Waals surface area contributed by atoms with Gasteiger partial charge in [-0.15, -0.1) is 0 Å². The van der Waals surface area contributed by atoms with E-state index in [1.54, 1.807) is 25.3 Å². The molecule has 0 aliphatic carbocycles. The third kappa shape index (κ3) is 3.12. The molecule has 2 nitrogen and oxygen atoms in total. The summed E-state index contributed by atoms with van der Waals surface area (Å²) < 4.78 is 40.1. The molecule has 2 aromatic rings. The van der Waals surface area contributed by atoms with E-state index in [-0.39, 0.29) is 5.56 Å². The molecule has 0 radical (unpaired) electrons. The lowest BCUT2D eigenvalue weighted by atomic mass is 10.0. The highest BCUT2D eigenvalue weighted by atomic mass is 79.9. The Balaban J connectivity index is 2.43. The maximum atomic E-state index is 12.7. The van der Waals surface area contributed by atoms with Crippen LogP contribution in [0.25, 0.3) is 0 Å². The van der Waals surface area contributed by atoms with Crippen molar-refractivity contribution in [3.8, 4) is 0 Å². The number of benzene rings is 1. The first-order valence-corrected chi connectivity index (χ1v) is 6.63. The van der Waals surface area contributed by atoms with Crippen LogP contribution in [0.4, 0.5) is 13.2 Å².